The third-order valence-corrected chi connectivity index (χ3v) is 3.34. The van der Waals surface area contributed by atoms with Crippen LogP contribution in [0.15, 0.2) is 30.3 Å². The number of amides is 1. The monoisotopic (exact) mass is 334 g/mol. The van der Waals surface area contributed by atoms with Gasteiger partial charge in [0.2, 0.25) is 0 Å². The highest BCUT2D eigenvalue weighted by molar-refractivity contribution is 6.05. The first-order chi connectivity index (χ1) is 10.6. The Bertz CT molecular complexity index is 661. The molecular formula is C17H23ClN4O. The maximum absolute atomic E-state index is 12.5. The molecule has 0 unspecified atom stereocenters. The summed E-state index contributed by atoms with van der Waals surface area (Å²) in [5, 5.41) is 14.3. The first kappa shape index (κ1) is 19.1. The van der Waals surface area contributed by atoms with E-state index in [1.165, 1.54) is 0 Å². The maximum atomic E-state index is 12.5. The van der Waals surface area contributed by atoms with E-state index in [9.17, 15) is 4.79 Å². The summed E-state index contributed by atoms with van der Waals surface area (Å²) in [7, 11) is 0. The van der Waals surface area contributed by atoms with Crippen molar-refractivity contribution in [2.45, 2.75) is 33.7 Å². The van der Waals surface area contributed by atoms with Crippen LogP contribution < -0.4 is 10.6 Å². The van der Waals surface area contributed by atoms with E-state index in [1.54, 1.807) is 6.07 Å². The zero-order valence-corrected chi connectivity index (χ0v) is 14.5. The van der Waals surface area contributed by atoms with Crippen molar-refractivity contribution < 1.29 is 4.79 Å². The number of anilines is 1. The van der Waals surface area contributed by atoms with E-state index in [4.69, 9.17) is 0 Å². The molecule has 23 heavy (non-hydrogen) atoms. The van der Waals surface area contributed by atoms with Gasteiger partial charge in [-0.1, -0.05) is 26.0 Å². The molecule has 2 N–H and O–H groups in total. The van der Waals surface area contributed by atoms with Gasteiger partial charge in [-0.3, -0.25) is 4.79 Å². The highest BCUT2D eigenvalue weighted by Crippen LogP contribution is 2.14. The lowest BCUT2D eigenvalue weighted by atomic mass is 10.1. The second-order valence-corrected chi connectivity index (χ2v) is 5.13. The highest BCUT2D eigenvalue weighted by Gasteiger charge is 2.13. The van der Waals surface area contributed by atoms with Crippen molar-refractivity contribution in [2.75, 3.05) is 11.9 Å². The summed E-state index contributed by atoms with van der Waals surface area (Å²) in [4.78, 5) is 12.5. The van der Waals surface area contributed by atoms with Crippen molar-refractivity contribution in [3.63, 3.8) is 0 Å². The number of rotatable bonds is 6. The molecule has 1 aromatic carbocycles. The topological polar surface area (TPSA) is 66.9 Å². The Morgan fingerprint density at radius 2 is 1.96 bits per heavy atom. The summed E-state index contributed by atoms with van der Waals surface area (Å²) < 4.78 is 0. The van der Waals surface area contributed by atoms with E-state index in [2.05, 4.69) is 27.8 Å². The van der Waals surface area contributed by atoms with Crippen molar-refractivity contribution in [2.24, 2.45) is 0 Å². The molecule has 0 fully saturated rings. The molecule has 5 nitrogen and oxygen atoms in total. The molecule has 0 aliphatic carbocycles. The number of carbonyl (C=O) groups is 1. The fourth-order valence-corrected chi connectivity index (χ4v) is 2.20. The van der Waals surface area contributed by atoms with Crippen LogP contribution in [-0.2, 0) is 13.0 Å². The molecule has 0 aliphatic rings. The Morgan fingerprint density at radius 1 is 1.17 bits per heavy atom. The van der Waals surface area contributed by atoms with E-state index < -0.39 is 0 Å². The van der Waals surface area contributed by atoms with Crippen LogP contribution in [0.1, 0.15) is 41.2 Å². The number of aromatic nitrogens is 2. The van der Waals surface area contributed by atoms with Gasteiger partial charge in [0.05, 0.1) is 17.0 Å². The largest absolute Gasteiger partial charge is 0.322 e. The highest BCUT2D eigenvalue weighted by atomic mass is 35.5. The minimum atomic E-state index is -0.143. The van der Waals surface area contributed by atoms with E-state index in [1.807, 2.05) is 38.1 Å². The number of benzene rings is 1. The van der Waals surface area contributed by atoms with Crippen LogP contribution in [0.25, 0.3) is 0 Å². The second kappa shape index (κ2) is 9.22. The molecule has 0 aliphatic heterocycles. The molecule has 1 aromatic heterocycles. The number of aryl methyl sites for hydroxylation is 2. The predicted molar refractivity (Wildman–Crippen MR) is 95.2 cm³/mol. The fraction of sp³-hybridized carbons (Fsp3) is 0.353. The summed E-state index contributed by atoms with van der Waals surface area (Å²) in [5.41, 5.74) is 3.97. The van der Waals surface area contributed by atoms with E-state index in [0.29, 0.717) is 17.7 Å². The lowest BCUT2D eigenvalue weighted by Gasteiger charge is -2.10. The quantitative estimate of drug-likeness (QED) is 0.851. The van der Waals surface area contributed by atoms with Crippen molar-refractivity contribution in [1.29, 1.82) is 0 Å². The van der Waals surface area contributed by atoms with Crippen LogP contribution in [-0.4, -0.2) is 22.6 Å². The Labute approximate surface area is 143 Å². The second-order valence-electron chi connectivity index (χ2n) is 5.13. The fourth-order valence-electron chi connectivity index (χ4n) is 2.20. The van der Waals surface area contributed by atoms with E-state index in [-0.39, 0.29) is 18.3 Å². The number of nitrogens with zero attached hydrogens (tertiary/aromatic N) is 2. The van der Waals surface area contributed by atoms with Crippen molar-refractivity contribution in [3.8, 4) is 0 Å². The standard InChI is InChI=1S/C17H22N4O.ClH/c1-4-16-15(9-12(3)20-21-16)17(22)19-14-8-6-7-13(10-14)11-18-5-2;/h6-10,18H,4-5,11H2,1-3H3,(H,19,22);1H. The average Bonchev–Trinajstić information content (AvgIpc) is 2.53. The summed E-state index contributed by atoms with van der Waals surface area (Å²) >= 11 is 0. The molecule has 2 aromatic rings. The van der Waals surface area contributed by atoms with Gasteiger partial charge in [0.1, 0.15) is 0 Å². The van der Waals surface area contributed by atoms with Crippen LogP contribution in [0.3, 0.4) is 0 Å². The summed E-state index contributed by atoms with van der Waals surface area (Å²) in [6.07, 6.45) is 0.677. The summed E-state index contributed by atoms with van der Waals surface area (Å²) in [6, 6.07) is 9.63. The third-order valence-electron chi connectivity index (χ3n) is 3.34. The average molecular weight is 335 g/mol. The molecule has 6 heteroatoms. The van der Waals surface area contributed by atoms with Gasteiger partial charge >= 0.3 is 0 Å². The number of nitrogens with one attached hydrogen (secondary N) is 2. The molecule has 0 radical (unpaired) electrons. The first-order valence-electron chi connectivity index (χ1n) is 7.58. The number of hydrogen-bond donors (Lipinski definition) is 2. The molecule has 0 spiro atoms. The number of hydrogen-bond acceptors (Lipinski definition) is 4. The summed E-state index contributed by atoms with van der Waals surface area (Å²) in [5.74, 6) is -0.143. The molecule has 0 saturated carbocycles. The molecule has 0 atom stereocenters. The van der Waals surface area contributed by atoms with E-state index >= 15 is 0 Å². The molecule has 124 valence electrons. The van der Waals surface area contributed by atoms with Gasteiger partial charge in [0.15, 0.2) is 0 Å². The minimum Gasteiger partial charge on any atom is -0.322 e. The van der Waals surface area contributed by atoms with Crippen molar-refractivity contribution in [3.05, 3.63) is 52.8 Å². The van der Waals surface area contributed by atoms with Gasteiger partial charge in [-0.05, 0) is 43.7 Å². The number of carbonyl (C=O) groups excluding carboxylic acids is 1. The smallest absolute Gasteiger partial charge is 0.257 e. The van der Waals surface area contributed by atoms with E-state index in [0.717, 1.165) is 30.0 Å². The molecule has 1 amide bonds. The van der Waals surface area contributed by atoms with Gasteiger partial charge < -0.3 is 10.6 Å². The minimum absolute atomic E-state index is 0. The predicted octanol–water partition coefficient (Wildman–Crippen LogP) is 3.13. The zero-order chi connectivity index (χ0) is 15.9. The van der Waals surface area contributed by atoms with Gasteiger partial charge in [-0.25, -0.2) is 0 Å². The van der Waals surface area contributed by atoms with Crippen molar-refractivity contribution in [1.82, 2.24) is 15.5 Å². The van der Waals surface area contributed by atoms with Gasteiger partial charge in [-0.2, -0.15) is 10.2 Å². The zero-order valence-electron chi connectivity index (χ0n) is 13.7. The first-order valence-corrected chi connectivity index (χ1v) is 7.58. The van der Waals surface area contributed by atoms with Crippen LogP contribution in [0.5, 0.6) is 0 Å². The third kappa shape index (κ3) is 5.30. The molecule has 2 rings (SSSR count). The Hall–Kier alpha value is -1.98. The van der Waals surface area contributed by atoms with Crippen molar-refractivity contribution >= 4 is 24.0 Å². The molecule has 1 heterocycles. The van der Waals surface area contributed by atoms with Gasteiger partial charge in [-0.15, -0.1) is 12.4 Å². The van der Waals surface area contributed by atoms with Crippen LogP contribution >= 0.6 is 12.4 Å². The Balaban J connectivity index is 0.00000264. The number of halogens is 1. The van der Waals surface area contributed by atoms with Gasteiger partial charge in [0.25, 0.3) is 5.91 Å². The lowest BCUT2D eigenvalue weighted by Crippen LogP contribution is -2.17. The molecule has 0 saturated heterocycles. The van der Waals surface area contributed by atoms with Crippen LogP contribution in [0.2, 0.25) is 0 Å². The Kier molecular flexibility index (Phi) is 7.65. The lowest BCUT2D eigenvalue weighted by molar-refractivity contribution is 0.102. The van der Waals surface area contributed by atoms with Gasteiger partial charge in [0, 0.05) is 12.2 Å². The Morgan fingerprint density at radius 3 is 2.65 bits per heavy atom. The molecule has 0 bridgehead atoms. The maximum Gasteiger partial charge on any atom is 0.257 e. The molecular weight excluding hydrogens is 312 g/mol. The normalized spacial score (nSPS) is 10.0. The SMILES string of the molecule is CCNCc1cccc(NC(=O)c2cc(C)nnc2CC)c1.Cl. The van der Waals surface area contributed by atoms with Crippen LogP contribution in [0.4, 0.5) is 5.69 Å². The van der Waals surface area contributed by atoms with Crippen LogP contribution in [0, 0.1) is 6.92 Å². The summed E-state index contributed by atoms with van der Waals surface area (Å²) in [6.45, 7) is 7.57.